The summed E-state index contributed by atoms with van der Waals surface area (Å²) in [4.78, 5) is 9.65. The Labute approximate surface area is 163 Å². The molecule has 1 fully saturated rings. The lowest BCUT2D eigenvalue weighted by Gasteiger charge is -2.21. The summed E-state index contributed by atoms with van der Waals surface area (Å²) in [5.74, 6) is -0.216. The third-order valence-electron chi connectivity index (χ3n) is 4.91. The molecule has 142 valence electrons. The normalized spacial score (nSPS) is 15.9. The summed E-state index contributed by atoms with van der Waals surface area (Å²) >= 11 is 1.67. The fraction of sp³-hybridized carbons (Fsp3) is 0.400. The third-order valence-corrected chi connectivity index (χ3v) is 5.81. The van der Waals surface area contributed by atoms with Crippen molar-refractivity contribution in [1.82, 2.24) is 19.7 Å². The Bertz CT molecular complexity index is 873. The van der Waals surface area contributed by atoms with Gasteiger partial charge in [-0.05, 0) is 37.6 Å². The SMILES string of the molecule is CCn1cc(CN2CCCN(c3nc(-c4ccc(F)cc4)cs3)CC2)cn1. The zero-order valence-corrected chi connectivity index (χ0v) is 16.3. The van der Waals surface area contributed by atoms with Crippen LogP contribution >= 0.6 is 11.3 Å². The summed E-state index contributed by atoms with van der Waals surface area (Å²) in [6.45, 7) is 8.06. The maximum absolute atomic E-state index is 13.1. The maximum atomic E-state index is 13.1. The molecule has 0 unspecified atom stereocenters. The highest BCUT2D eigenvalue weighted by Crippen LogP contribution is 2.28. The van der Waals surface area contributed by atoms with Crippen LogP contribution in [-0.4, -0.2) is 45.8 Å². The van der Waals surface area contributed by atoms with Gasteiger partial charge in [-0.25, -0.2) is 9.37 Å². The van der Waals surface area contributed by atoms with E-state index in [2.05, 4.69) is 33.4 Å². The van der Waals surface area contributed by atoms with Gasteiger partial charge < -0.3 is 4.90 Å². The Morgan fingerprint density at radius 3 is 2.74 bits per heavy atom. The minimum atomic E-state index is -0.216. The number of rotatable bonds is 5. The molecule has 0 amide bonds. The smallest absolute Gasteiger partial charge is 0.185 e. The lowest BCUT2D eigenvalue weighted by molar-refractivity contribution is 0.285. The van der Waals surface area contributed by atoms with Gasteiger partial charge in [0.15, 0.2) is 5.13 Å². The van der Waals surface area contributed by atoms with Gasteiger partial charge in [-0.15, -0.1) is 11.3 Å². The van der Waals surface area contributed by atoms with E-state index in [-0.39, 0.29) is 5.82 Å². The van der Waals surface area contributed by atoms with Crippen LogP contribution in [-0.2, 0) is 13.1 Å². The minimum Gasteiger partial charge on any atom is -0.347 e. The van der Waals surface area contributed by atoms with Crippen molar-refractivity contribution in [2.45, 2.75) is 26.4 Å². The zero-order valence-electron chi connectivity index (χ0n) is 15.5. The van der Waals surface area contributed by atoms with Gasteiger partial charge in [0.25, 0.3) is 0 Å². The first-order chi connectivity index (χ1) is 13.2. The topological polar surface area (TPSA) is 37.2 Å². The van der Waals surface area contributed by atoms with Crippen LogP contribution in [0, 0.1) is 5.82 Å². The van der Waals surface area contributed by atoms with Crippen molar-refractivity contribution in [2.75, 3.05) is 31.1 Å². The molecule has 2 aromatic heterocycles. The molecule has 3 heterocycles. The molecule has 3 aromatic rings. The minimum absolute atomic E-state index is 0.216. The largest absolute Gasteiger partial charge is 0.347 e. The van der Waals surface area contributed by atoms with Crippen molar-refractivity contribution < 1.29 is 4.39 Å². The Morgan fingerprint density at radius 2 is 1.96 bits per heavy atom. The van der Waals surface area contributed by atoms with E-state index in [1.165, 1.54) is 17.7 Å². The molecule has 27 heavy (non-hydrogen) atoms. The lowest BCUT2D eigenvalue weighted by atomic mass is 10.2. The standard InChI is InChI=1S/C20H24FN5S/c1-2-26-14-16(12-22-26)13-24-8-3-9-25(11-10-24)20-23-19(15-27-20)17-4-6-18(21)7-5-17/h4-7,12,14-15H,2-3,8-11,13H2,1H3. The number of aryl methyl sites for hydroxylation is 1. The van der Waals surface area contributed by atoms with Gasteiger partial charge in [0.2, 0.25) is 0 Å². The van der Waals surface area contributed by atoms with Gasteiger partial charge in [-0.3, -0.25) is 9.58 Å². The highest BCUT2D eigenvalue weighted by atomic mass is 32.1. The molecule has 0 bridgehead atoms. The summed E-state index contributed by atoms with van der Waals surface area (Å²) in [6, 6.07) is 6.54. The molecule has 1 aliphatic rings. The Morgan fingerprint density at radius 1 is 1.11 bits per heavy atom. The quantitative estimate of drug-likeness (QED) is 0.668. The number of nitrogens with zero attached hydrogens (tertiary/aromatic N) is 5. The van der Waals surface area contributed by atoms with Gasteiger partial charge >= 0.3 is 0 Å². The van der Waals surface area contributed by atoms with Gasteiger partial charge in [0.1, 0.15) is 5.82 Å². The van der Waals surface area contributed by atoms with Crippen LogP contribution in [0.25, 0.3) is 11.3 Å². The van der Waals surface area contributed by atoms with Crippen molar-refractivity contribution in [3.8, 4) is 11.3 Å². The predicted octanol–water partition coefficient (Wildman–Crippen LogP) is 3.88. The second-order valence-electron chi connectivity index (χ2n) is 6.84. The molecule has 5 nitrogen and oxygen atoms in total. The molecule has 0 atom stereocenters. The number of hydrogen-bond donors (Lipinski definition) is 0. The van der Waals surface area contributed by atoms with E-state index in [4.69, 9.17) is 4.98 Å². The van der Waals surface area contributed by atoms with Crippen LogP contribution in [0.3, 0.4) is 0 Å². The van der Waals surface area contributed by atoms with Crippen molar-refractivity contribution in [1.29, 1.82) is 0 Å². The van der Waals surface area contributed by atoms with Crippen molar-refractivity contribution in [3.05, 3.63) is 53.4 Å². The molecule has 1 aromatic carbocycles. The first-order valence-corrected chi connectivity index (χ1v) is 10.3. The van der Waals surface area contributed by atoms with Crippen LogP contribution < -0.4 is 4.90 Å². The summed E-state index contributed by atoms with van der Waals surface area (Å²) < 4.78 is 15.1. The van der Waals surface area contributed by atoms with Crippen molar-refractivity contribution >= 4 is 16.5 Å². The average Bonchev–Trinajstić information content (AvgIpc) is 3.29. The van der Waals surface area contributed by atoms with Gasteiger partial charge in [-0.2, -0.15) is 5.10 Å². The second-order valence-corrected chi connectivity index (χ2v) is 7.68. The van der Waals surface area contributed by atoms with Crippen LogP contribution in [0.2, 0.25) is 0 Å². The van der Waals surface area contributed by atoms with E-state index in [1.54, 1.807) is 23.5 Å². The Balaban J connectivity index is 1.38. The first-order valence-electron chi connectivity index (χ1n) is 9.41. The molecule has 4 rings (SSSR count). The molecular weight excluding hydrogens is 361 g/mol. The van der Waals surface area contributed by atoms with Crippen LogP contribution in [0.1, 0.15) is 18.9 Å². The molecule has 0 spiro atoms. The number of benzene rings is 1. The number of hydrogen-bond acceptors (Lipinski definition) is 5. The zero-order chi connectivity index (χ0) is 18.6. The van der Waals surface area contributed by atoms with E-state index in [0.717, 1.165) is 62.1 Å². The maximum Gasteiger partial charge on any atom is 0.185 e. The summed E-state index contributed by atoms with van der Waals surface area (Å²) in [5.41, 5.74) is 3.16. The molecule has 0 saturated carbocycles. The number of aromatic nitrogens is 3. The Kier molecular flexibility index (Phi) is 5.50. The third kappa shape index (κ3) is 4.36. The van der Waals surface area contributed by atoms with E-state index in [1.807, 2.05) is 10.9 Å². The van der Waals surface area contributed by atoms with Crippen LogP contribution in [0.5, 0.6) is 0 Å². The molecule has 0 N–H and O–H groups in total. The molecule has 1 aliphatic heterocycles. The van der Waals surface area contributed by atoms with Gasteiger partial charge in [-0.1, -0.05) is 0 Å². The number of anilines is 1. The molecule has 0 radical (unpaired) electrons. The van der Waals surface area contributed by atoms with Gasteiger partial charge in [0, 0.05) is 62.0 Å². The average molecular weight is 386 g/mol. The predicted molar refractivity (Wildman–Crippen MR) is 108 cm³/mol. The fourth-order valence-corrected chi connectivity index (χ4v) is 4.29. The molecule has 1 saturated heterocycles. The summed E-state index contributed by atoms with van der Waals surface area (Å²) in [7, 11) is 0. The number of thiazole rings is 1. The highest BCUT2D eigenvalue weighted by Gasteiger charge is 2.18. The molecule has 0 aliphatic carbocycles. The van der Waals surface area contributed by atoms with Crippen LogP contribution in [0.4, 0.5) is 9.52 Å². The monoisotopic (exact) mass is 385 g/mol. The lowest BCUT2D eigenvalue weighted by Crippen LogP contribution is -2.30. The second kappa shape index (κ2) is 8.19. The Hall–Kier alpha value is -2.25. The molecule has 7 heteroatoms. The molecular formula is C20H24FN5S. The van der Waals surface area contributed by atoms with Crippen LogP contribution in [0.15, 0.2) is 42.0 Å². The summed E-state index contributed by atoms with van der Waals surface area (Å²) in [6.07, 6.45) is 5.23. The van der Waals surface area contributed by atoms with E-state index < -0.39 is 0 Å². The number of halogens is 1. The van der Waals surface area contributed by atoms with Gasteiger partial charge in [0.05, 0.1) is 11.9 Å². The summed E-state index contributed by atoms with van der Waals surface area (Å²) in [5, 5.41) is 7.48. The fourth-order valence-electron chi connectivity index (χ4n) is 3.40. The van der Waals surface area contributed by atoms with E-state index in [0.29, 0.717) is 0 Å². The van der Waals surface area contributed by atoms with E-state index >= 15 is 0 Å². The first kappa shape index (κ1) is 18.1. The van der Waals surface area contributed by atoms with Crippen molar-refractivity contribution in [3.63, 3.8) is 0 Å². The highest BCUT2D eigenvalue weighted by molar-refractivity contribution is 7.14. The van der Waals surface area contributed by atoms with E-state index in [9.17, 15) is 4.39 Å². The van der Waals surface area contributed by atoms with Crippen molar-refractivity contribution in [2.24, 2.45) is 0 Å².